The van der Waals surface area contributed by atoms with Gasteiger partial charge in [-0.2, -0.15) is 0 Å². The predicted octanol–water partition coefficient (Wildman–Crippen LogP) is 3.24. The van der Waals surface area contributed by atoms with Crippen LogP contribution in [0.4, 0.5) is 8.78 Å². The van der Waals surface area contributed by atoms with Gasteiger partial charge >= 0.3 is 0 Å². The molecule has 1 atom stereocenters. The van der Waals surface area contributed by atoms with Crippen LogP contribution in [0.1, 0.15) is 36.0 Å². The zero-order valence-corrected chi connectivity index (χ0v) is 8.13. The molecule has 0 aliphatic heterocycles. The lowest BCUT2D eigenvalue weighted by Crippen LogP contribution is -2.01. The average Bonchev–Trinajstić information content (AvgIpc) is 2.16. The summed E-state index contributed by atoms with van der Waals surface area (Å²) >= 11 is 0. The molecule has 0 N–H and O–H groups in total. The van der Waals surface area contributed by atoms with E-state index in [0.29, 0.717) is 11.8 Å². The van der Waals surface area contributed by atoms with Crippen LogP contribution in [0.2, 0.25) is 0 Å². The average molecular weight is 198 g/mol. The van der Waals surface area contributed by atoms with E-state index in [4.69, 9.17) is 0 Å². The first-order valence-corrected chi connectivity index (χ1v) is 4.40. The van der Waals surface area contributed by atoms with Crippen molar-refractivity contribution in [3.63, 3.8) is 0 Å². The van der Waals surface area contributed by atoms with Crippen LogP contribution >= 0.6 is 0 Å². The summed E-state index contributed by atoms with van der Waals surface area (Å²) in [7, 11) is 0. The summed E-state index contributed by atoms with van der Waals surface area (Å²) in [5.41, 5.74) is 1.27. The molecule has 0 bridgehead atoms. The second-order valence-electron chi connectivity index (χ2n) is 3.36. The minimum atomic E-state index is -2.52. The maximum atomic E-state index is 12.5. The predicted molar refractivity (Wildman–Crippen MR) is 50.6 cm³/mol. The molecule has 0 aliphatic carbocycles. The first-order valence-electron chi connectivity index (χ1n) is 4.40. The molecule has 1 rings (SSSR count). The van der Waals surface area contributed by atoms with E-state index in [1.807, 2.05) is 6.92 Å². The van der Waals surface area contributed by atoms with E-state index in [-0.39, 0.29) is 5.56 Å². The summed E-state index contributed by atoms with van der Waals surface area (Å²) in [5, 5.41) is 0. The molecule has 76 valence electrons. The van der Waals surface area contributed by atoms with Crippen LogP contribution in [0.15, 0.2) is 18.2 Å². The Labute approximate surface area is 81.7 Å². The number of hydrogen-bond acceptors (Lipinski definition) is 1. The third-order valence-electron chi connectivity index (χ3n) is 2.17. The molecule has 0 aromatic heterocycles. The second kappa shape index (κ2) is 4.31. The maximum absolute atomic E-state index is 12.5. The summed E-state index contributed by atoms with van der Waals surface area (Å²) in [5.74, 6) is -0.473. The third kappa shape index (κ3) is 2.16. The summed E-state index contributed by atoms with van der Waals surface area (Å²) in [6.45, 7) is 3.43. The highest BCUT2D eigenvalue weighted by Crippen LogP contribution is 2.28. The van der Waals surface area contributed by atoms with Crippen molar-refractivity contribution in [1.29, 1.82) is 0 Å². The van der Waals surface area contributed by atoms with Crippen molar-refractivity contribution in [3.8, 4) is 0 Å². The van der Waals surface area contributed by atoms with Crippen LogP contribution in [0.5, 0.6) is 0 Å². The highest BCUT2D eigenvalue weighted by molar-refractivity contribution is 5.63. The molecule has 0 radical (unpaired) electrons. The van der Waals surface area contributed by atoms with Gasteiger partial charge in [0, 0.05) is 11.5 Å². The lowest BCUT2D eigenvalue weighted by Gasteiger charge is -2.11. The topological polar surface area (TPSA) is 17.1 Å². The van der Waals surface area contributed by atoms with Gasteiger partial charge in [-0.15, -0.1) is 0 Å². The Morgan fingerprint density at radius 2 is 1.93 bits per heavy atom. The molecule has 0 spiro atoms. The van der Waals surface area contributed by atoms with Gasteiger partial charge in [-0.1, -0.05) is 30.7 Å². The summed E-state index contributed by atoms with van der Waals surface area (Å²) < 4.78 is 25.1. The van der Waals surface area contributed by atoms with E-state index in [1.165, 1.54) is 6.07 Å². The molecular formula is C11H12F2O. The molecule has 0 aliphatic rings. The number of benzene rings is 1. The van der Waals surface area contributed by atoms with Gasteiger partial charge in [0.25, 0.3) is 6.43 Å². The van der Waals surface area contributed by atoms with Crippen molar-refractivity contribution in [3.05, 3.63) is 34.9 Å². The molecule has 0 fully saturated rings. The van der Waals surface area contributed by atoms with Crippen LogP contribution in [0.25, 0.3) is 0 Å². The van der Waals surface area contributed by atoms with Gasteiger partial charge in [0.1, 0.15) is 6.29 Å². The van der Waals surface area contributed by atoms with Crippen LogP contribution in [0, 0.1) is 6.92 Å². The Morgan fingerprint density at radius 1 is 1.29 bits per heavy atom. The lowest BCUT2D eigenvalue weighted by molar-refractivity contribution is -0.108. The Kier molecular flexibility index (Phi) is 3.33. The van der Waals surface area contributed by atoms with Gasteiger partial charge in [-0.3, -0.25) is 0 Å². The zero-order chi connectivity index (χ0) is 10.7. The largest absolute Gasteiger partial charge is 0.303 e. The molecule has 1 aromatic rings. The van der Waals surface area contributed by atoms with Crippen molar-refractivity contribution in [1.82, 2.24) is 0 Å². The Bertz CT molecular complexity index is 334. The van der Waals surface area contributed by atoms with Crippen LogP contribution in [0.3, 0.4) is 0 Å². The fourth-order valence-corrected chi connectivity index (χ4v) is 1.36. The number of alkyl halides is 2. The van der Waals surface area contributed by atoms with Gasteiger partial charge in [0.05, 0.1) is 0 Å². The van der Waals surface area contributed by atoms with E-state index in [2.05, 4.69) is 0 Å². The van der Waals surface area contributed by atoms with Crippen molar-refractivity contribution in [2.24, 2.45) is 0 Å². The highest BCUT2D eigenvalue weighted by atomic mass is 19.3. The Balaban J connectivity index is 3.22. The number of carbonyl (C=O) groups is 1. The van der Waals surface area contributed by atoms with Gasteiger partial charge in [0.15, 0.2) is 0 Å². The molecular weight excluding hydrogens is 186 g/mol. The molecule has 1 unspecified atom stereocenters. The quantitative estimate of drug-likeness (QED) is 0.681. The van der Waals surface area contributed by atoms with Crippen molar-refractivity contribution >= 4 is 6.29 Å². The zero-order valence-electron chi connectivity index (χ0n) is 8.13. The van der Waals surface area contributed by atoms with Crippen molar-refractivity contribution in [2.45, 2.75) is 26.2 Å². The first-order chi connectivity index (χ1) is 6.56. The standard InChI is InChI=1S/C11H12F2O/c1-7-3-4-9(11(12)13)10(5-7)8(2)6-14/h3-6,8,11H,1-2H3. The Hall–Kier alpha value is -1.25. The molecule has 0 heterocycles. The van der Waals surface area contributed by atoms with Crippen molar-refractivity contribution in [2.75, 3.05) is 0 Å². The smallest absolute Gasteiger partial charge is 0.264 e. The number of rotatable bonds is 3. The number of carbonyl (C=O) groups excluding carboxylic acids is 1. The van der Waals surface area contributed by atoms with Crippen LogP contribution < -0.4 is 0 Å². The van der Waals surface area contributed by atoms with Crippen LogP contribution in [-0.4, -0.2) is 6.29 Å². The lowest BCUT2D eigenvalue weighted by atomic mass is 9.95. The third-order valence-corrected chi connectivity index (χ3v) is 2.17. The highest BCUT2D eigenvalue weighted by Gasteiger charge is 2.16. The van der Waals surface area contributed by atoms with E-state index in [9.17, 15) is 13.6 Å². The number of aldehydes is 1. The first kappa shape index (κ1) is 10.8. The van der Waals surface area contributed by atoms with Gasteiger partial charge in [-0.05, 0) is 12.5 Å². The number of aryl methyl sites for hydroxylation is 1. The monoisotopic (exact) mass is 198 g/mol. The summed E-state index contributed by atoms with van der Waals surface area (Å²) in [6, 6.07) is 4.65. The number of halogens is 2. The fourth-order valence-electron chi connectivity index (χ4n) is 1.36. The SMILES string of the molecule is Cc1ccc(C(F)F)c(C(C)C=O)c1. The molecule has 1 aromatic carbocycles. The normalized spacial score (nSPS) is 12.9. The molecule has 3 heteroatoms. The molecule has 0 saturated carbocycles. The summed E-state index contributed by atoms with van der Waals surface area (Å²) in [6.07, 6.45) is -1.84. The second-order valence-corrected chi connectivity index (χ2v) is 3.36. The minimum Gasteiger partial charge on any atom is -0.303 e. The van der Waals surface area contributed by atoms with E-state index in [0.717, 1.165) is 5.56 Å². The van der Waals surface area contributed by atoms with Crippen LogP contribution in [-0.2, 0) is 4.79 Å². The fraction of sp³-hybridized carbons (Fsp3) is 0.364. The molecule has 14 heavy (non-hydrogen) atoms. The molecule has 0 amide bonds. The number of hydrogen-bond donors (Lipinski definition) is 0. The van der Waals surface area contributed by atoms with E-state index >= 15 is 0 Å². The summed E-state index contributed by atoms with van der Waals surface area (Å²) in [4.78, 5) is 10.5. The van der Waals surface area contributed by atoms with Gasteiger partial charge in [0.2, 0.25) is 0 Å². The van der Waals surface area contributed by atoms with Gasteiger partial charge in [-0.25, -0.2) is 8.78 Å². The maximum Gasteiger partial charge on any atom is 0.264 e. The molecule has 0 saturated heterocycles. The minimum absolute atomic E-state index is 0.0461. The Morgan fingerprint density at radius 3 is 2.43 bits per heavy atom. The van der Waals surface area contributed by atoms with Gasteiger partial charge < -0.3 is 4.79 Å². The van der Waals surface area contributed by atoms with E-state index < -0.39 is 12.3 Å². The molecule has 1 nitrogen and oxygen atoms in total. The van der Waals surface area contributed by atoms with E-state index in [1.54, 1.807) is 19.1 Å². The van der Waals surface area contributed by atoms with Crippen molar-refractivity contribution < 1.29 is 13.6 Å².